The van der Waals surface area contributed by atoms with Crippen molar-refractivity contribution in [2.24, 2.45) is 0 Å². The lowest BCUT2D eigenvalue weighted by Gasteiger charge is -2.01. The first-order chi connectivity index (χ1) is 9.47. The van der Waals surface area contributed by atoms with Gasteiger partial charge in [0.15, 0.2) is 0 Å². The van der Waals surface area contributed by atoms with Crippen LogP contribution < -0.4 is 0 Å². The minimum absolute atomic E-state index is 0.176. The summed E-state index contributed by atoms with van der Waals surface area (Å²) in [6.45, 7) is 8.34. The fraction of sp³-hybridized carbons (Fsp3) is 0.200. The highest BCUT2D eigenvalue weighted by Gasteiger charge is 1.96. The first kappa shape index (κ1) is 18.0. The molecule has 20 heavy (non-hydrogen) atoms. The normalized spacial score (nSPS) is 8.85. The summed E-state index contributed by atoms with van der Waals surface area (Å²) in [5.74, 6) is -0.530. The highest BCUT2D eigenvalue weighted by atomic mass is 32.2. The Balaban J connectivity index is 0.000000511. The Labute approximate surface area is 123 Å². The number of carbonyl (C=O) groups is 2. The summed E-state index contributed by atoms with van der Waals surface area (Å²) in [4.78, 5) is 21.5. The third kappa shape index (κ3) is 9.96. The van der Waals surface area contributed by atoms with Crippen LogP contribution in [-0.4, -0.2) is 29.4 Å². The van der Waals surface area contributed by atoms with Gasteiger partial charge in [-0.3, -0.25) is 0 Å². The molecule has 0 atom stereocenters. The third-order valence-corrected chi connectivity index (χ3v) is 2.85. The number of esters is 1. The summed E-state index contributed by atoms with van der Waals surface area (Å²) in [6.07, 6.45) is 1.17. The predicted molar refractivity (Wildman–Crippen MR) is 80.8 cm³/mol. The molecule has 0 saturated carbocycles. The molecule has 0 saturated heterocycles. The molecule has 0 heterocycles. The summed E-state index contributed by atoms with van der Waals surface area (Å²) in [5, 5.41) is 7.89. The smallest absolute Gasteiger partial charge is 0.330 e. The van der Waals surface area contributed by atoms with Gasteiger partial charge in [0.05, 0.1) is 0 Å². The number of carboxylic acid groups (broad SMARTS) is 1. The number of carbonyl (C=O) groups excluding carboxylic acids is 1. The Morgan fingerprint density at radius 3 is 2.35 bits per heavy atom. The number of carboxylic acids is 1. The van der Waals surface area contributed by atoms with Crippen molar-refractivity contribution in [3.05, 3.63) is 55.1 Å². The van der Waals surface area contributed by atoms with Crippen LogP contribution >= 0.6 is 11.8 Å². The van der Waals surface area contributed by atoms with Crippen LogP contribution in [0.2, 0.25) is 0 Å². The summed E-state index contributed by atoms with van der Waals surface area (Å²) in [6, 6.07) is 10.00. The molecule has 0 fully saturated rings. The van der Waals surface area contributed by atoms with Crippen molar-refractivity contribution in [2.45, 2.75) is 11.8 Å². The molecular formula is C15H18O4S. The van der Waals surface area contributed by atoms with E-state index in [0.717, 1.165) is 5.75 Å². The van der Waals surface area contributed by atoms with Gasteiger partial charge in [0.1, 0.15) is 6.61 Å². The summed E-state index contributed by atoms with van der Waals surface area (Å²) < 4.78 is 4.84. The van der Waals surface area contributed by atoms with Gasteiger partial charge < -0.3 is 9.84 Å². The summed E-state index contributed by atoms with van der Waals surface area (Å²) in [7, 11) is 0. The zero-order valence-corrected chi connectivity index (χ0v) is 12.2. The van der Waals surface area contributed by atoms with Crippen LogP contribution in [0.25, 0.3) is 0 Å². The van der Waals surface area contributed by atoms with Gasteiger partial charge in [0, 0.05) is 22.3 Å². The van der Waals surface area contributed by atoms with E-state index in [1.165, 1.54) is 17.9 Å². The molecule has 0 unspecified atom stereocenters. The van der Waals surface area contributed by atoms with Gasteiger partial charge in [0.2, 0.25) is 0 Å². The largest absolute Gasteiger partial charge is 0.478 e. The van der Waals surface area contributed by atoms with Gasteiger partial charge in [0.25, 0.3) is 0 Å². The van der Waals surface area contributed by atoms with Crippen molar-refractivity contribution < 1.29 is 19.4 Å². The van der Waals surface area contributed by atoms with Crippen molar-refractivity contribution in [2.75, 3.05) is 12.4 Å². The maximum Gasteiger partial charge on any atom is 0.330 e. The van der Waals surface area contributed by atoms with Gasteiger partial charge in [-0.05, 0) is 19.1 Å². The van der Waals surface area contributed by atoms with E-state index < -0.39 is 5.97 Å². The Morgan fingerprint density at radius 2 is 1.90 bits per heavy atom. The molecule has 108 valence electrons. The molecule has 4 nitrogen and oxygen atoms in total. The van der Waals surface area contributed by atoms with Crippen LogP contribution in [0.4, 0.5) is 0 Å². The van der Waals surface area contributed by atoms with E-state index in [2.05, 4.69) is 13.2 Å². The molecule has 0 radical (unpaired) electrons. The van der Waals surface area contributed by atoms with Crippen molar-refractivity contribution in [3.63, 3.8) is 0 Å². The van der Waals surface area contributed by atoms with Gasteiger partial charge >= 0.3 is 11.9 Å². The van der Waals surface area contributed by atoms with E-state index in [1.807, 2.05) is 30.3 Å². The summed E-state index contributed by atoms with van der Waals surface area (Å²) in [5.41, 5.74) is 0.176. The molecule has 0 bridgehead atoms. The number of ether oxygens (including phenoxy) is 1. The third-order valence-electron chi connectivity index (χ3n) is 1.87. The maximum atomic E-state index is 10.7. The van der Waals surface area contributed by atoms with Gasteiger partial charge in [-0.1, -0.05) is 31.4 Å². The second kappa shape index (κ2) is 10.9. The topological polar surface area (TPSA) is 63.6 Å². The molecule has 0 aliphatic heterocycles. The quantitative estimate of drug-likeness (QED) is 0.378. The number of thioether (sulfide) groups is 1. The minimum atomic E-state index is -0.935. The van der Waals surface area contributed by atoms with Crippen LogP contribution in [0, 0.1) is 0 Å². The number of aliphatic carboxylic acids is 1. The fourth-order valence-corrected chi connectivity index (χ4v) is 1.63. The SMILES string of the molecule is C=C(C)C(=O)O.C=CC(=O)OCCSc1ccccc1. The Bertz CT molecular complexity index is 442. The van der Waals surface area contributed by atoms with E-state index in [4.69, 9.17) is 9.84 Å². The van der Waals surface area contributed by atoms with E-state index >= 15 is 0 Å². The molecule has 0 aromatic heterocycles. The van der Waals surface area contributed by atoms with Gasteiger partial charge in [-0.15, -0.1) is 11.8 Å². The standard InChI is InChI=1S/C11H12O2S.C4H6O2/c1-2-11(12)13-8-9-14-10-6-4-3-5-7-10;1-3(2)4(5)6/h2-7H,1,8-9H2;1H2,2H3,(H,5,6). The second-order valence-electron chi connectivity index (χ2n) is 3.62. The second-order valence-corrected chi connectivity index (χ2v) is 4.79. The molecule has 1 N–H and O–H groups in total. The van der Waals surface area contributed by atoms with Crippen molar-refractivity contribution in [3.8, 4) is 0 Å². The Hall–Kier alpha value is -2.01. The molecule has 1 aromatic rings. The monoisotopic (exact) mass is 294 g/mol. The lowest BCUT2D eigenvalue weighted by atomic mass is 10.4. The van der Waals surface area contributed by atoms with Gasteiger partial charge in [-0.2, -0.15) is 0 Å². The molecule has 0 amide bonds. The molecular weight excluding hydrogens is 276 g/mol. The fourth-order valence-electron chi connectivity index (χ4n) is 0.877. The molecule has 5 heteroatoms. The number of hydrogen-bond acceptors (Lipinski definition) is 4. The average Bonchev–Trinajstić information content (AvgIpc) is 2.45. The zero-order chi connectivity index (χ0) is 15.4. The molecule has 0 spiro atoms. The van der Waals surface area contributed by atoms with Crippen LogP contribution in [0.5, 0.6) is 0 Å². The average molecular weight is 294 g/mol. The molecule has 0 aliphatic carbocycles. The van der Waals surface area contributed by atoms with Crippen molar-refractivity contribution in [1.29, 1.82) is 0 Å². The van der Waals surface area contributed by atoms with Crippen molar-refractivity contribution >= 4 is 23.7 Å². The number of benzene rings is 1. The molecule has 0 aliphatic rings. The number of hydrogen-bond donors (Lipinski definition) is 1. The predicted octanol–water partition coefficient (Wildman–Crippen LogP) is 3.16. The van der Waals surface area contributed by atoms with E-state index in [-0.39, 0.29) is 11.5 Å². The lowest BCUT2D eigenvalue weighted by molar-refractivity contribution is -0.137. The molecule has 1 rings (SSSR count). The maximum absolute atomic E-state index is 10.7. The van der Waals surface area contributed by atoms with Gasteiger partial charge in [-0.25, -0.2) is 9.59 Å². The highest BCUT2D eigenvalue weighted by molar-refractivity contribution is 7.99. The minimum Gasteiger partial charge on any atom is -0.478 e. The van der Waals surface area contributed by atoms with Crippen LogP contribution in [0.15, 0.2) is 60.0 Å². The van der Waals surface area contributed by atoms with E-state index in [0.29, 0.717) is 6.61 Å². The Morgan fingerprint density at radius 1 is 1.35 bits per heavy atom. The first-order valence-corrected chi connectivity index (χ1v) is 6.81. The number of rotatable bonds is 6. The summed E-state index contributed by atoms with van der Waals surface area (Å²) >= 11 is 1.66. The van der Waals surface area contributed by atoms with Crippen molar-refractivity contribution in [1.82, 2.24) is 0 Å². The van der Waals surface area contributed by atoms with E-state index in [1.54, 1.807) is 11.8 Å². The first-order valence-electron chi connectivity index (χ1n) is 5.83. The molecule has 1 aromatic carbocycles. The highest BCUT2D eigenvalue weighted by Crippen LogP contribution is 2.16. The van der Waals surface area contributed by atoms with Crippen LogP contribution in [-0.2, 0) is 14.3 Å². The zero-order valence-electron chi connectivity index (χ0n) is 11.4. The van der Waals surface area contributed by atoms with Crippen LogP contribution in [0.3, 0.4) is 0 Å². The van der Waals surface area contributed by atoms with E-state index in [9.17, 15) is 9.59 Å². The Kier molecular flexibility index (Phi) is 9.78. The lowest BCUT2D eigenvalue weighted by Crippen LogP contribution is -2.03. The van der Waals surface area contributed by atoms with Crippen LogP contribution in [0.1, 0.15) is 6.92 Å².